The number of fused-ring (bicyclic) bond motifs is 1. The first-order valence-electron chi connectivity index (χ1n) is 8.21. The molecule has 1 atom stereocenters. The number of rotatable bonds is 8. The molecule has 8 heteroatoms. The summed E-state index contributed by atoms with van der Waals surface area (Å²) in [5, 5.41) is 12.3. The van der Waals surface area contributed by atoms with Gasteiger partial charge < -0.3 is 19.4 Å². The molecule has 0 fully saturated rings. The van der Waals surface area contributed by atoms with Gasteiger partial charge in [0.15, 0.2) is 5.16 Å². The van der Waals surface area contributed by atoms with E-state index in [-0.39, 0.29) is 10.9 Å². The van der Waals surface area contributed by atoms with Crippen LogP contribution in [0.4, 0.5) is 0 Å². The molecule has 0 radical (unpaired) electrons. The minimum absolute atomic E-state index is 0.00110. The molecule has 7 nitrogen and oxygen atoms in total. The first-order chi connectivity index (χ1) is 12.6. The maximum absolute atomic E-state index is 12.7. The molecule has 3 aromatic rings. The summed E-state index contributed by atoms with van der Waals surface area (Å²) in [5.41, 5.74) is 2.38. The Kier molecular flexibility index (Phi) is 5.85. The van der Waals surface area contributed by atoms with Crippen LogP contribution in [0.5, 0.6) is 5.75 Å². The van der Waals surface area contributed by atoms with Crippen LogP contribution in [0.15, 0.2) is 41.7 Å². The van der Waals surface area contributed by atoms with Crippen molar-refractivity contribution < 1.29 is 13.7 Å². The van der Waals surface area contributed by atoms with E-state index < -0.39 is 10.8 Å². The lowest BCUT2D eigenvalue weighted by atomic mass is 10.2. The smallest absolute Gasteiger partial charge is 0.195 e. The van der Waals surface area contributed by atoms with Crippen LogP contribution in [0.2, 0.25) is 0 Å². The monoisotopic (exact) mass is 374 g/mol. The normalized spacial score (nSPS) is 12.4. The Balaban J connectivity index is 1.77. The summed E-state index contributed by atoms with van der Waals surface area (Å²) in [6, 6.07) is 8.70. The third-order valence-electron chi connectivity index (χ3n) is 3.97. The molecular weight excluding hydrogens is 354 g/mol. The van der Waals surface area contributed by atoms with Gasteiger partial charge in [-0.25, -0.2) is 4.98 Å². The van der Waals surface area contributed by atoms with Crippen molar-refractivity contribution >= 4 is 21.8 Å². The van der Waals surface area contributed by atoms with Crippen LogP contribution in [0, 0.1) is 12.1 Å². The van der Waals surface area contributed by atoms with E-state index >= 15 is 0 Å². The van der Waals surface area contributed by atoms with Gasteiger partial charge in [-0.3, -0.25) is 9.19 Å². The predicted octanol–water partition coefficient (Wildman–Crippen LogP) is 2.81. The SMILES string of the molecule is COCCCOc1ccnc(CS(=O)c2nc3ccccc3n2[O-])c1C. The van der Waals surface area contributed by atoms with Crippen molar-refractivity contribution in [3.8, 4) is 5.75 Å². The molecule has 1 aromatic carbocycles. The van der Waals surface area contributed by atoms with Gasteiger partial charge in [-0.05, 0) is 25.1 Å². The van der Waals surface area contributed by atoms with Crippen LogP contribution in [0.1, 0.15) is 17.7 Å². The van der Waals surface area contributed by atoms with Crippen LogP contribution in [-0.4, -0.2) is 39.2 Å². The van der Waals surface area contributed by atoms with E-state index in [1.54, 1.807) is 43.6 Å². The zero-order valence-electron chi connectivity index (χ0n) is 14.7. The first kappa shape index (κ1) is 18.3. The highest BCUT2D eigenvalue weighted by Crippen LogP contribution is 2.23. The average molecular weight is 374 g/mol. The number of ether oxygens (including phenoxy) is 2. The van der Waals surface area contributed by atoms with Gasteiger partial charge in [-0.15, -0.1) is 0 Å². The highest BCUT2D eigenvalue weighted by Gasteiger charge is 2.16. The third kappa shape index (κ3) is 3.86. The molecule has 0 bridgehead atoms. The summed E-state index contributed by atoms with van der Waals surface area (Å²) in [5.74, 6) is 0.797. The molecule has 0 aliphatic carbocycles. The summed E-state index contributed by atoms with van der Waals surface area (Å²) >= 11 is 0. The van der Waals surface area contributed by atoms with Crippen LogP contribution in [-0.2, 0) is 21.3 Å². The Morgan fingerprint density at radius 3 is 2.81 bits per heavy atom. The van der Waals surface area contributed by atoms with E-state index in [9.17, 15) is 9.42 Å². The Labute approximate surface area is 154 Å². The number of para-hydroxylation sites is 2. The third-order valence-corrected chi connectivity index (χ3v) is 5.17. The fourth-order valence-corrected chi connectivity index (χ4v) is 3.71. The standard InChI is InChI=1S/C18H20N3O4S/c1-13-15(19-9-8-17(13)25-11-5-10-24-2)12-26(23)18-20-14-6-3-4-7-16(14)21(18)22/h3-4,6-9H,5,10-12H2,1-2H3/q-1. The summed E-state index contributed by atoms with van der Waals surface area (Å²) in [6.45, 7) is 3.02. The molecule has 0 aliphatic heterocycles. The van der Waals surface area contributed by atoms with E-state index in [0.717, 1.165) is 12.0 Å². The molecule has 138 valence electrons. The molecule has 26 heavy (non-hydrogen) atoms. The van der Waals surface area contributed by atoms with Crippen LogP contribution in [0.25, 0.3) is 11.0 Å². The number of benzene rings is 1. The fraction of sp³-hybridized carbons (Fsp3) is 0.333. The molecule has 0 N–H and O–H groups in total. The van der Waals surface area contributed by atoms with Crippen molar-refractivity contribution in [2.45, 2.75) is 24.3 Å². The van der Waals surface area contributed by atoms with Crippen molar-refractivity contribution in [3.63, 3.8) is 0 Å². The topological polar surface area (TPSA) is 89.3 Å². The minimum atomic E-state index is -1.60. The summed E-state index contributed by atoms with van der Waals surface area (Å²) in [4.78, 5) is 8.50. The second kappa shape index (κ2) is 8.29. The Bertz CT molecular complexity index is 926. The Hall–Kier alpha value is -2.45. The number of nitrogens with zero attached hydrogens (tertiary/aromatic N) is 3. The highest BCUT2D eigenvalue weighted by atomic mass is 32.2. The molecule has 0 saturated heterocycles. The van der Waals surface area contributed by atoms with Crippen molar-refractivity contribution in [3.05, 3.63) is 53.0 Å². The second-order valence-corrected chi connectivity index (χ2v) is 7.09. The van der Waals surface area contributed by atoms with Gasteiger partial charge in [-0.1, -0.05) is 12.1 Å². The van der Waals surface area contributed by atoms with Gasteiger partial charge >= 0.3 is 0 Å². The maximum Gasteiger partial charge on any atom is 0.195 e. The largest absolute Gasteiger partial charge is 0.804 e. The van der Waals surface area contributed by atoms with E-state index in [1.165, 1.54) is 0 Å². The number of hydrogen-bond acceptors (Lipinski definition) is 6. The number of hydrogen-bond donors (Lipinski definition) is 0. The summed E-state index contributed by atoms with van der Waals surface area (Å²) in [7, 11) is 0.0426. The maximum atomic E-state index is 12.7. The van der Waals surface area contributed by atoms with E-state index in [4.69, 9.17) is 9.47 Å². The molecule has 0 saturated carbocycles. The van der Waals surface area contributed by atoms with Gasteiger partial charge in [0.2, 0.25) is 0 Å². The molecule has 0 amide bonds. The molecule has 3 rings (SSSR count). The lowest BCUT2D eigenvalue weighted by Crippen LogP contribution is -2.08. The first-order valence-corrected chi connectivity index (χ1v) is 9.53. The van der Waals surface area contributed by atoms with Gasteiger partial charge in [0.05, 0.1) is 39.9 Å². The van der Waals surface area contributed by atoms with Gasteiger partial charge in [0, 0.05) is 31.9 Å². The van der Waals surface area contributed by atoms with Gasteiger partial charge in [0.25, 0.3) is 0 Å². The Morgan fingerprint density at radius 2 is 2.04 bits per heavy atom. The fourth-order valence-electron chi connectivity index (χ4n) is 2.56. The summed E-state index contributed by atoms with van der Waals surface area (Å²) in [6.07, 6.45) is 2.39. The van der Waals surface area contributed by atoms with Crippen molar-refractivity contribution in [1.82, 2.24) is 14.7 Å². The molecule has 2 heterocycles. The lowest BCUT2D eigenvalue weighted by Gasteiger charge is -2.13. The molecular formula is C18H20N3O4S-. The van der Waals surface area contributed by atoms with Crippen molar-refractivity contribution in [1.29, 1.82) is 0 Å². The lowest BCUT2D eigenvalue weighted by molar-refractivity contribution is 0.172. The zero-order chi connectivity index (χ0) is 18.5. The number of methoxy groups -OCH3 is 1. The summed E-state index contributed by atoms with van der Waals surface area (Å²) < 4.78 is 24.1. The van der Waals surface area contributed by atoms with Gasteiger partial charge in [0.1, 0.15) is 5.75 Å². The average Bonchev–Trinajstić information content (AvgIpc) is 2.99. The number of aromatic nitrogens is 3. The molecule has 0 spiro atoms. The van der Waals surface area contributed by atoms with Crippen LogP contribution >= 0.6 is 0 Å². The van der Waals surface area contributed by atoms with Crippen molar-refractivity contribution in [2.24, 2.45) is 0 Å². The van der Waals surface area contributed by atoms with Crippen LogP contribution < -0.4 is 4.74 Å². The Morgan fingerprint density at radius 1 is 1.23 bits per heavy atom. The van der Waals surface area contributed by atoms with Crippen molar-refractivity contribution in [2.75, 3.05) is 20.3 Å². The van der Waals surface area contributed by atoms with Gasteiger partial charge in [-0.2, -0.15) is 0 Å². The predicted molar refractivity (Wildman–Crippen MR) is 99.6 cm³/mol. The van der Waals surface area contributed by atoms with E-state index in [0.29, 0.717) is 40.4 Å². The van der Waals surface area contributed by atoms with E-state index in [2.05, 4.69) is 9.97 Å². The molecule has 2 aromatic heterocycles. The second-order valence-electron chi connectivity index (χ2n) is 5.74. The quantitative estimate of drug-likeness (QED) is 0.563. The van der Waals surface area contributed by atoms with Crippen LogP contribution in [0.3, 0.4) is 0 Å². The highest BCUT2D eigenvalue weighted by molar-refractivity contribution is 7.84. The zero-order valence-corrected chi connectivity index (χ0v) is 15.5. The number of pyridine rings is 1. The minimum Gasteiger partial charge on any atom is -0.804 e. The number of imidazole rings is 1. The van der Waals surface area contributed by atoms with E-state index in [1.807, 2.05) is 6.92 Å². The molecule has 1 unspecified atom stereocenters. The molecule has 0 aliphatic rings.